The number of hydrogen-bond acceptors (Lipinski definition) is 3. The molecule has 1 fully saturated rings. The van der Waals surface area contributed by atoms with E-state index in [1.807, 2.05) is 6.07 Å². The van der Waals surface area contributed by atoms with E-state index in [9.17, 15) is 4.39 Å². The average Bonchev–Trinajstić information content (AvgIpc) is 2.39. The summed E-state index contributed by atoms with van der Waals surface area (Å²) >= 11 is 0. The predicted octanol–water partition coefficient (Wildman–Crippen LogP) is 2.39. The summed E-state index contributed by atoms with van der Waals surface area (Å²) in [5, 5.41) is 0. The topological polar surface area (TPSA) is 38.5 Å². The zero-order valence-corrected chi connectivity index (χ0v) is 11.7. The summed E-state index contributed by atoms with van der Waals surface area (Å²) in [6.45, 7) is 4.96. The smallest absolute Gasteiger partial charge is 0.165 e. The van der Waals surface area contributed by atoms with Gasteiger partial charge in [0.1, 0.15) is 0 Å². The van der Waals surface area contributed by atoms with E-state index in [4.69, 9.17) is 10.5 Å². The number of ether oxygens (including phenoxy) is 1. The van der Waals surface area contributed by atoms with Crippen molar-refractivity contribution in [1.29, 1.82) is 0 Å². The second-order valence-electron chi connectivity index (χ2n) is 5.44. The quantitative estimate of drug-likeness (QED) is 0.909. The van der Waals surface area contributed by atoms with E-state index < -0.39 is 0 Å². The van der Waals surface area contributed by atoms with Gasteiger partial charge >= 0.3 is 0 Å². The number of halogens is 1. The molecule has 19 heavy (non-hydrogen) atoms. The number of benzene rings is 1. The van der Waals surface area contributed by atoms with Gasteiger partial charge in [0.25, 0.3) is 0 Å². The molecule has 1 aromatic carbocycles. The number of rotatable bonds is 4. The summed E-state index contributed by atoms with van der Waals surface area (Å²) in [5.41, 5.74) is 6.93. The van der Waals surface area contributed by atoms with Crippen molar-refractivity contribution < 1.29 is 9.13 Å². The minimum Gasteiger partial charge on any atom is -0.494 e. The number of nitrogens with two attached hydrogens (primary N) is 1. The Labute approximate surface area is 114 Å². The predicted molar refractivity (Wildman–Crippen MR) is 74.6 cm³/mol. The molecule has 1 saturated heterocycles. The van der Waals surface area contributed by atoms with Crippen molar-refractivity contribution in [1.82, 2.24) is 4.90 Å². The van der Waals surface area contributed by atoms with E-state index in [1.54, 1.807) is 12.1 Å². The summed E-state index contributed by atoms with van der Waals surface area (Å²) in [7, 11) is 1.48. The average molecular weight is 266 g/mol. The molecule has 0 saturated carbocycles. The zero-order chi connectivity index (χ0) is 13.8. The highest BCUT2D eigenvalue weighted by atomic mass is 19.1. The molecule has 1 atom stereocenters. The molecule has 0 aromatic heterocycles. The van der Waals surface area contributed by atoms with Gasteiger partial charge in [0, 0.05) is 12.6 Å². The number of hydrogen-bond donors (Lipinski definition) is 1. The lowest BCUT2D eigenvalue weighted by atomic mass is 9.91. The molecule has 4 heteroatoms. The van der Waals surface area contributed by atoms with Gasteiger partial charge in [0.15, 0.2) is 11.6 Å². The summed E-state index contributed by atoms with van der Waals surface area (Å²) < 4.78 is 18.5. The van der Waals surface area contributed by atoms with Crippen LogP contribution in [0.25, 0.3) is 0 Å². The monoisotopic (exact) mass is 266 g/mol. The van der Waals surface area contributed by atoms with Crippen molar-refractivity contribution in [3.8, 4) is 5.75 Å². The van der Waals surface area contributed by atoms with E-state index in [0.717, 1.165) is 38.0 Å². The molecule has 0 amide bonds. The Balaban J connectivity index is 1.90. The molecule has 1 heterocycles. The lowest BCUT2D eigenvalue weighted by molar-refractivity contribution is 0.165. The molecule has 0 radical (unpaired) electrons. The molecule has 1 aromatic rings. The van der Waals surface area contributed by atoms with Crippen LogP contribution in [0, 0.1) is 11.7 Å². The standard InChI is InChI=1S/C15H23FN2O/c1-11(17)13-5-7-18(8-6-13)10-12-3-4-15(19-2)14(16)9-12/h3-4,9,11,13H,5-8,10,17H2,1-2H3. The zero-order valence-electron chi connectivity index (χ0n) is 11.7. The van der Waals surface area contributed by atoms with E-state index >= 15 is 0 Å². The lowest BCUT2D eigenvalue weighted by Crippen LogP contribution is -2.39. The minimum absolute atomic E-state index is 0.278. The first-order valence-electron chi connectivity index (χ1n) is 6.90. The molecule has 1 aliphatic heterocycles. The number of likely N-dealkylation sites (tertiary alicyclic amines) is 1. The Morgan fingerprint density at radius 1 is 1.42 bits per heavy atom. The number of nitrogens with zero attached hydrogens (tertiary/aromatic N) is 1. The van der Waals surface area contributed by atoms with Crippen molar-refractivity contribution in [2.75, 3.05) is 20.2 Å². The van der Waals surface area contributed by atoms with Crippen molar-refractivity contribution in [2.45, 2.75) is 32.4 Å². The summed E-state index contributed by atoms with van der Waals surface area (Å²) in [6.07, 6.45) is 2.27. The summed E-state index contributed by atoms with van der Waals surface area (Å²) in [6, 6.07) is 5.47. The van der Waals surface area contributed by atoms with Gasteiger partial charge in [0.05, 0.1) is 7.11 Å². The molecule has 3 nitrogen and oxygen atoms in total. The van der Waals surface area contributed by atoms with Crippen LogP contribution in [0.15, 0.2) is 18.2 Å². The van der Waals surface area contributed by atoms with E-state index in [0.29, 0.717) is 11.7 Å². The normalized spacial score (nSPS) is 19.4. The Morgan fingerprint density at radius 3 is 2.63 bits per heavy atom. The van der Waals surface area contributed by atoms with Crippen molar-refractivity contribution >= 4 is 0 Å². The third kappa shape index (κ3) is 3.67. The highest BCUT2D eigenvalue weighted by Crippen LogP contribution is 2.23. The SMILES string of the molecule is COc1ccc(CN2CCC(C(C)N)CC2)cc1F. The van der Waals surface area contributed by atoms with Gasteiger partial charge in [-0.05, 0) is 56.5 Å². The van der Waals surface area contributed by atoms with Crippen LogP contribution >= 0.6 is 0 Å². The van der Waals surface area contributed by atoms with Crippen LogP contribution in [0.1, 0.15) is 25.3 Å². The molecule has 2 N–H and O–H groups in total. The summed E-state index contributed by atoms with van der Waals surface area (Å²) in [4.78, 5) is 2.36. The van der Waals surface area contributed by atoms with E-state index in [2.05, 4.69) is 11.8 Å². The van der Waals surface area contributed by atoms with Crippen LogP contribution < -0.4 is 10.5 Å². The Kier molecular flexibility index (Phi) is 4.77. The maximum atomic E-state index is 13.6. The van der Waals surface area contributed by atoms with Gasteiger partial charge in [-0.3, -0.25) is 4.90 Å². The molecular weight excluding hydrogens is 243 g/mol. The van der Waals surface area contributed by atoms with Crippen molar-refractivity contribution in [3.63, 3.8) is 0 Å². The Morgan fingerprint density at radius 2 is 2.11 bits per heavy atom. The molecule has 1 aliphatic rings. The molecular formula is C15H23FN2O. The first kappa shape index (κ1) is 14.3. The van der Waals surface area contributed by atoms with Crippen LogP contribution in [0.5, 0.6) is 5.75 Å². The lowest BCUT2D eigenvalue weighted by Gasteiger charge is -2.33. The second-order valence-corrected chi connectivity index (χ2v) is 5.44. The Hall–Kier alpha value is -1.13. The van der Waals surface area contributed by atoms with Gasteiger partial charge in [-0.15, -0.1) is 0 Å². The maximum Gasteiger partial charge on any atom is 0.165 e. The minimum atomic E-state index is -0.287. The van der Waals surface area contributed by atoms with Crippen LogP contribution in [0.2, 0.25) is 0 Å². The third-order valence-corrected chi connectivity index (χ3v) is 4.00. The van der Waals surface area contributed by atoms with Crippen LogP contribution in [0.3, 0.4) is 0 Å². The fourth-order valence-corrected chi connectivity index (χ4v) is 2.70. The molecule has 2 rings (SSSR count). The van der Waals surface area contributed by atoms with Gasteiger partial charge < -0.3 is 10.5 Å². The highest BCUT2D eigenvalue weighted by Gasteiger charge is 2.21. The van der Waals surface area contributed by atoms with Crippen LogP contribution in [0.4, 0.5) is 4.39 Å². The highest BCUT2D eigenvalue weighted by molar-refractivity contribution is 5.29. The second kappa shape index (κ2) is 6.35. The van der Waals surface area contributed by atoms with Gasteiger partial charge in [-0.1, -0.05) is 6.07 Å². The van der Waals surface area contributed by atoms with E-state index in [-0.39, 0.29) is 11.9 Å². The molecule has 0 spiro atoms. The molecule has 106 valence electrons. The fraction of sp³-hybridized carbons (Fsp3) is 0.600. The third-order valence-electron chi connectivity index (χ3n) is 4.00. The van der Waals surface area contributed by atoms with Crippen LogP contribution in [-0.2, 0) is 6.54 Å². The maximum absolute atomic E-state index is 13.6. The first-order chi connectivity index (χ1) is 9.10. The van der Waals surface area contributed by atoms with Gasteiger partial charge in [-0.2, -0.15) is 0 Å². The fourth-order valence-electron chi connectivity index (χ4n) is 2.70. The first-order valence-corrected chi connectivity index (χ1v) is 6.90. The number of piperidine rings is 1. The van der Waals surface area contributed by atoms with Crippen molar-refractivity contribution in [3.05, 3.63) is 29.6 Å². The van der Waals surface area contributed by atoms with Gasteiger partial charge in [-0.25, -0.2) is 4.39 Å². The van der Waals surface area contributed by atoms with Crippen molar-refractivity contribution in [2.24, 2.45) is 11.7 Å². The molecule has 0 bridgehead atoms. The Bertz CT molecular complexity index is 415. The van der Waals surface area contributed by atoms with Gasteiger partial charge in [0.2, 0.25) is 0 Å². The molecule has 1 unspecified atom stereocenters. The molecule has 0 aliphatic carbocycles. The van der Waals surface area contributed by atoms with Crippen LogP contribution in [-0.4, -0.2) is 31.1 Å². The number of methoxy groups -OCH3 is 1. The van der Waals surface area contributed by atoms with E-state index in [1.165, 1.54) is 7.11 Å². The largest absolute Gasteiger partial charge is 0.494 e. The summed E-state index contributed by atoms with van der Waals surface area (Å²) in [5.74, 6) is 0.647.